The fourth-order valence-corrected chi connectivity index (χ4v) is 5.64. The zero-order valence-corrected chi connectivity index (χ0v) is 18.9. The van der Waals surface area contributed by atoms with E-state index in [1.165, 1.54) is 0 Å². The summed E-state index contributed by atoms with van der Waals surface area (Å²) in [5.74, 6) is 0. The number of amides is 2. The summed E-state index contributed by atoms with van der Waals surface area (Å²) in [7, 11) is -3.58. The van der Waals surface area contributed by atoms with Crippen LogP contribution in [-0.2, 0) is 21.2 Å². The number of nitrogens with one attached hydrogen (secondary N) is 2. The lowest BCUT2D eigenvalue weighted by atomic mass is 10.1. The van der Waals surface area contributed by atoms with Crippen molar-refractivity contribution in [3.63, 3.8) is 0 Å². The Balaban J connectivity index is 1.32. The predicted octanol–water partition coefficient (Wildman–Crippen LogP) is 2.95. The molecule has 5 rings (SSSR count). The number of hydrogen-bond acceptors (Lipinski definition) is 5. The van der Waals surface area contributed by atoms with Crippen LogP contribution >= 0.6 is 0 Å². The van der Waals surface area contributed by atoms with Gasteiger partial charge in [-0.05, 0) is 68.1 Å². The van der Waals surface area contributed by atoms with E-state index in [0.29, 0.717) is 17.8 Å². The van der Waals surface area contributed by atoms with Crippen LogP contribution in [0.4, 0.5) is 21.9 Å². The number of morpholine rings is 1. The Kier molecular flexibility index (Phi) is 5.56. The fourth-order valence-electron chi connectivity index (χ4n) is 4.31. The number of hydrogen-bond donors (Lipinski definition) is 2. The van der Waals surface area contributed by atoms with Gasteiger partial charge in [0.15, 0.2) is 0 Å². The second-order valence-electron chi connectivity index (χ2n) is 8.69. The number of nitrogens with zero attached hydrogens (tertiary/aromatic N) is 2. The van der Waals surface area contributed by atoms with Gasteiger partial charge in [0.1, 0.15) is 0 Å². The number of carbonyl (C=O) groups excluding carboxylic acids is 1. The Hall–Kier alpha value is -2.62. The average Bonchev–Trinajstić information content (AvgIpc) is 3.52. The molecule has 9 heteroatoms. The Morgan fingerprint density at radius 1 is 1.06 bits per heavy atom. The van der Waals surface area contributed by atoms with Crippen molar-refractivity contribution in [3.8, 4) is 0 Å². The van der Waals surface area contributed by atoms with Crippen LogP contribution in [0.2, 0.25) is 0 Å². The van der Waals surface area contributed by atoms with E-state index in [-0.39, 0.29) is 23.0 Å². The van der Waals surface area contributed by atoms with Gasteiger partial charge in [-0.3, -0.25) is 4.90 Å². The number of rotatable bonds is 5. The first-order valence-electron chi connectivity index (χ1n) is 11.1. The lowest BCUT2D eigenvalue weighted by Crippen LogP contribution is -2.39. The zero-order chi connectivity index (χ0) is 22.3. The number of sulfonamides is 1. The quantitative estimate of drug-likeness (QED) is 0.722. The average molecular weight is 457 g/mol. The normalized spacial score (nSPS) is 20.8. The topological polar surface area (TPSA) is 91.0 Å². The monoisotopic (exact) mass is 456 g/mol. The molecule has 0 aromatic heterocycles. The minimum absolute atomic E-state index is 0.0343. The van der Waals surface area contributed by atoms with Gasteiger partial charge < -0.3 is 15.0 Å². The van der Waals surface area contributed by atoms with Crippen molar-refractivity contribution in [3.05, 3.63) is 48.0 Å². The first-order chi connectivity index (χ1) is 15.4. The maximum Gasteiger partial charge on any atom is 0.326 e. The molecule has 2 aromatic rings. The molecule has 0 bridgehead atoms. The molecule has 0 radical (unpaired) electrons. The Morgan fingerprint density at radius 3 is 2.47 bits per heavy atom. The van der Waals surface area contributed by atoms with Gasteiger partial charge in [0.05, 0.1) is 23.8 Å². The molecule has 8 nitrogen and oxygen atoms in total. The third-order valence-electron chi connectivity index (χ3n) is 6.20. The van der Waals surface area contributed by atoms with E-state index in [4.69, 9.17) is 4.74 Å². The highest BCUT2D eigenvalue weighted by atomic mass is 32.2. The van der Waals surface area contributed by atoms with Crippen LogP contribution in [0.5, 0.6) is 0 Å². The summed E-state index contributed by atoms with van der Waals surface area (Å²) >= 11 is 0. The molecule has 1 aliphatic carbocycles. The predicted molar refractivity (Wildman–Crippen MR) is 124 cm³/mol. The maximum absolute atomic E-state index is 13.1. The minimum atomic E-state index is -3.58. The highest BCUT2D eigenvalue weighted by molar-refractivity contribution is 7.89. The summed E-state index contributed by atoms with van der Waals surface area (Å²) in [6.07, 6.45) is 2.44. The molecule has 1 atom stereocenters. The summed E-state index contributed by atoms with van der Waals surface area (Å²) in [4.78, 5) is 17.3. The molecule has 2 aliphatic heterocycles. The van der Waals surface area contributed by atoms with Crippen LogP contribution in [0.15, 0.2) is 47.4 Å². The first kappa shape index (κ1) is 21.2. The molecule has 170 valence electrons. The van der Waals surface area contributed by atoms with Gasteiger partial charge in [-0.2, -0.15) is 0 Å². The Labute approximate surface area is 188 Å². The molecule has 0 spiro atoms. The van der Waals surface area contributed by atoms with Gasteiger partial charge in [-0.1, -0.05) is 6.07 Å². The lowest BCUT2D eigenvalue weighted by Gasteiger charge is -2.29. The van der Waals surface area contributed by atoms with E-state index >= 15 is 0 Å². The highest BCUT2D eigenvalue weighted by Gasteiger charge is 2.34. The number of benzene rings is 2. The summed E-state index contributed by atoms with van der Waals surface area (Å²) in [6, 6.07) is 12.5. The van der Waals surface area contributed by atoms with Crippen LogP contribution in [-0.4, -0.2) is 52.8 Å². The number of ether oxygens (including phenoxy) is 1. The van der Waals surface area contributed by atoms with E-state index < -0.39 is 10.0 Å². The van der Waals surface area contributed by atoms with Gasteiger partial charge in [0.25, 0.3) is 0 Å². The smallest absolute Gasteiger partial charge is 0.326 e. The molecule has 2 aromatic carbocycles. The van der Waals surface area contributed by atoms with Gasteiger partial charge in [-0.15, -0.1) is 0 Å². The molecule has 1 saturated carbocycles. The molecule has 2 fully saturated rings. The molecular weight excluding hydrogens is 428 g/mol. The standard InChI is InChI=1S/C23H28N4O4S/c1-16-14-17-2-9-21(32(29,30)25-19-3-4-19)15-22(17)27(16)23(28)24-18-5-7-20(8-6-18)26-10-12-31-13-11-26/h2,5-9,15-16,19,25H,3-4,10-14H2,1H3,(H,24,28). The van der Waals surface area contributed by atoms with Gasteiger partial charge in [0.2, 0.25) is 10.0 Å². The second kappa shape index (κ2) is 8.38. The van der Waals surface area contributed by atoms with E-state index in [2.05, 4.69) is 14.9 Å². The lowest BCUT2D eigenvalue weighted by molar-refractivity contribution is 0.122. The van der Waals surface area contributed by atoms with Gasteiger partial charge in [0, 0.05) is 36.5 Å². The van der Waals surface area contributed by atoms with Crippen LogP contribution < -0.4 is 19.8 Å². The van der Waals surface area contributed by atoms with Crippen molar-refractivity contribution < 1.29 is 17.9 Å². The van der Waals surface area contributed by atoms with Crippen molar-refractivity contribution in [2.24, 2.45) is 0 Å². The van der Waals surface area contributed by atoms with E-state index in [0.717, 1.165) is 50.4 Å². The molecule has 2 N–H and O–H groups in total. The largest absolute Gasteiger partial charge is 0.378 e. The molecule has 32 heavy (non-hydrogen) atoms. The fraction of sp³-hybridized carbons (Fsp3) is 0.435. The summed E-state index contributed by atoms with van der Waals surface area (Å²) in [6.45, 7) is 5.12. The Morgan fingerprint density at radius 2 is 1.78 bits per heavy atom. The summed E-state index contributed by atoms with van der Waals surface area (Å²) < 4.78 is 33.4. The number of urea groups is 1. The van der Waals surface area contributed by atoms with Crippen LogP contribution in [0.3, 0.4) is 0 Å². The van der Waals surface area contributed by atoms with Crippen molar-refractivity contribution in [1.29, 1.82) is 0 Å². The van der Waals surface area contributed by atoms with E-state index in [9.17, 15) is 13.2 Å². The van der Waals surface area contributed by atoms with E-state index in [1.807, 2.05) is 37.3 Å². The molecule has 2 amide bonds. The van der Waals surface area contributed by atoms with Crippen molar-refractivity contribution in [2.75, 3.05) is 41.4 Å². The highest BCUT2D eigenvalue weighted by Crippen LogP contribution is 2.35. The molecule has 2 heterocycles. The zero-order valence-electron chi connectivity index (χ0n) is 18.1. The second-order valence-corrected chi connectivity index (χ2v) is 10.4. The van der Waals surface area contributed by atoms with Crippen LogP contribution in [0.1, 0.15) is 25.3 Å². The number of carbonyl (C=O) groups is 1. The minimum Gasteiger partial charge on any atom is -0.378 e. The molecule has 1 saturated heterocycles. The first-order valence-corrected chi connectivity index (χ1v) is 12.6. The summed E-state index contributed by atoms with van der Waals surface area (Å²) in [5, 5.41) is 2.96. The van der Waals surface area contributed by atoms with Crippen molar-refractivity contribution >= 4 is 33.1 Å². The molecule has 3 aliphatic rings. The molecule has 1 unspecified atom stereocenters. The number of fused-ring (bicyclic) bond motifs is 1. The summed E-state index contributed by atoms with van der Waals surface area (Å²) in [5.41, 5.74) is 3.43. The third-order valence-corrected chi connectivity index (χ3v) is 7.71. The van der Waals surface area contributed by atoms with Crippen molar-refractivity contribution in [1.82, 2.24) is 4.72 Å². The van der Waals surface area contributed by atoms with Gasteiger partial charge >= 0.3 is 6.03 Å². The van der Waals surface area contributed by atoms with Crippen LogP contribution in [0.25, 0.3) is 0 Å². The Bertz CT molecular complexity index is 1110. The molecular formula is C23H28N4O4S. The van der Waals surface area contributed by atoms with Crippen LogP contribution in [0, 0.1) is 0 Å². The van der Waals surface area contributed by atoms with E-state index in [1.54, 1.807) is 17.0 Å². The number of anilines is 3. The van der Waals surface area contributed by atoms with Gasteiger partial charge in [-0.25, -0.2) is 17.9 Å². The maximum atomic E-state index is 13.1. The third kappa shape index (κ3) is 4.32. The SMILES string of the molecule is CC1Cc2ccc(S(=O)(=O)NC3CC3)cc2N1C(=O)Nc1ccc(N2CCOCC2)cc1. The van der Waals surface area contributed by atoms with Crippen molar-refractivity contribution in [2.45, 2.75) is 43.2 Å².